The first-order valence-electron chi connectivity index (χ1n) is 13.9. The molecule has 2 aromatic carbocycles. The van der Waals surface area contributed by atoms with E-state index in [0.29, 0.717) is 29.8 Å². The van der Waals surface area contributed by atoms with Crippen molar-refractivity contribution in [3.8, 4) is 16.9 Å². The third kappa shape index (κ3) is 4.41. The van der Waals surface area contributed by atoms with Gasteiger partial charge in [-0.15, -0.1) is 0 Å². The van der Waals surface area contributed by atoms with Crippen molar-refractivity contribution in [3.05, 3.63) is 76.4 Å². The highest BCUT2D eigenvalue weighted by Crippen LogP contribution is 2.61. The van der Waals surface area contributed by atoms with E-state index in [1.165, 1.54) is 6.07 Å². The van der Waals surface area contributed by atoms with Crippen LogP contribution in [0.1, 0.15) is 70.7 Å². The fourth-order valence-electron chi connectivity index (χ4n) is 6.13. The summed E-state index contributed by atoms with van der Waals surface area (Å²) in [7, 11) is 0. The predicted octanol–water partition coefficient (Wildman–Crippen LogP) is 4.93. The van der Waals surface area contributed by atoms with Crippen molar-refractivity contribution >= 4 is 17.5 Å². The summed E-state index contributed by atoms with van der Waals surface area (Å²) in [6.45, 7) is 3.95. The lowest BCUT2D eigenvalue weighted by molar-refractivity contribution is -0.119. The maximum Gasteiger partial charge on any atom is 0.276 e. The van der Waals surface area contributed by atoms with Gasteiger partial charge in [-0.05, 0) is 68.4 Å². The third-order valence-electron chi connectivity index (χ3n) is 8.64. The van der Waals surface area contributed by atoms with E-state index in [9.17, 15) is 18.4 Å². The Balaban J connectivity index is 1.23. The van der Waals surface area contributed by atoms with Gasteiger partial charge in [-0.1, -0.05) is 23.4 Å². The lowest BCUT2D eigenvalue weighted by Gasteiger charge is -2.38. The predicted molar refractivity (Wildman–Crippen MR) is 146 cm³/mol. The molecule has 3 N–H and O–H groups in total. The van der Waals surface area contributed by atoms with Crippen molar-refractivity contribution in [1.29, 1.82) is 0 Å². The summed E-state index contributed by atoms with van der Waals surface area (Å²) >= 11 is 0. The van der Waals surface area contributed by atoms with E-state index < -0.39 is 40.8 Å². The number of carbonyl (C=O) groups is 2. The quantitative estimate of drug-likeness (QED) is 0.285. The number of rotatable bonds is 7. The van der Waals surface area contributed by atoms with Crippen molar-refractivity contribution in [2.45, 2.75) is 57.4 Å². The van der Waals surface area contributed by atoms with Gasteiger partial charge in [0.05, 0.1) is 12.3 Å². The van der Waals surface area contributed by atoms with Gasteiger partial charge in [0.1, 0.15) is 11.7 Å². The van der Waals surface area contributed by atoms with E-state index in [2.05, 4.69) is 31.1 Å². The van der Waals surface area contributed by atoms with Crippen molar-refractivity contribution in [2.24, 2.45) is 5.41 Å². The van der Waals surface area contributed by atoms with Crippen LogP contribution in [-0.2, 0) is 4.79 Å². The SMILES string of the molecule is Cc1n[nH]c(C)c1-c1ccc(NC(=O)[C@@H](NC(=O)c2nonc2C2CC2)C2c3ccc(F)c(F)c3OCC23CC3)cc1. The lowest BCUT2D eigenvalue weighted by atomic mass is 9.75. The molecule has 4 aromatic rings. The van der Waals surface area contributed by atoms with Gasteiger partial charge >= 0.3 is 0 Å². The normalized spacial score (nSPS) is 19.1. The number of halogens is 2. The maximum atomic E-state index is 14.9. The molecule has 1 unspecified atom stereocenters. The first kappa shape index (κ1) is 26.3. The number of aromatic nitrogens is 4. The van der Waals surface area contributed by atoms with Crippen LogP contribution in [0.3, 0.4) is 0 Å². The molecule has 2 atom stereocenters. The standard InChI is InChI=1S/C30H28F2N6O4/c1-14-21(15(2)36-35-14)16-5-7-18(8-6-16)33-28(39)25(34-29(40)26-24(17-3-4-17)37-42-38-26)22-19-9-10-20(31)23(32)27(19)41-13-30(22)11-12-30/h5-10,17,22,25H,3-4,11-13H2,1-2H3,(H,33,39)(H,34,40)(H,35,36)/t22?,25-/m0/s1. The highest BCUT2D eigenvalue weighted by atomic mass is 19.2. The summed E-state index contributed by atoms with van der Waals surface area (Å²) < 4.78 is 39.6. The van der Waals surface area contributed by atoms with Gasteiger partial charge in [0.2, 0.25) is 11.7 Å². The van der Waals surface area contributed by atoms with Gasteiger partial charge in [-0.2, -0.15) is 9.49 Å². The molecule has 216 valence electrons. The van der Waals surface area contributed by atoms with Crippen LogP contribution in [0.5, 0.6) is 5.75 Å². The second-order valence-corrected chi connectivity index (χ2v) is 11.5. The minimum Gasteiger partial charge on any atom is -0.489 e. The first-order valence-corrected chi connectivity index (χ1v) is 13.9. The Morgan fingerprint density at radius 2 is 1.83 bits per heavy atom. The number of carbonyl (C=O) groups excluding carboxylic acids is 2. The Morgan fingerprint density at radius 1 is 1.07 bits per heavy atom. The smallest absolute Gasteiger partial charge is 0.276 e. The Bertz CT molecular complexity index is 1690. The van der Waals surface area contributed by atoms with E-state index in [0.717, 1.165) is 41.4 Å². The van der Waals surface area contributed by atoms with Crippen LogP contribution < -0.4 is 15.4 Å². The second-order valence-electron chi connectivity index (χ2n) is 11.5. The van der Waals surface area contributed by atoms with Crippen molar-refractivity contribution < 1.29 is 27.7 Å². The zero-order chi connectivity index (χ0) is 29.2. The fraction of sp³-hybridized carbons (Fsp3) is 0.367. The molecule has 0 bridgehead atoms. The number of hydrogen-bond acceptors (Lipinski definition) is 7. The molecule has 0 saturated heterocycles. The Labute approximate surface area is 239 Å². The van der Waals surface area contributed by atoms with Crippen molar-refractivity contribution in [3.63, 3.8) is 0 Å². The first-order chi connectivity index (χ1) is 20.3. The number of amides is 2. The molecule has 3 heterocycles. The van der Waals surface area contributed by atoms with Gasteiger partial charge in [0.25, 0.3) is 5.91 Å². The number of H-pyrrole nitrogens is 1. The average Bonchev–Trinajstić information content (AvgIpc) is 3.89. The molecule has 3 aliphatic rings. The number of nitrogens with zero attached hydrogens (tertiary/aromatic N) is 3. The van der Waals surface area contributed by atoms with E-state index in [4.69, 9.17) is 9.37 Å². The minimum atomic E-state index is -1.16. The van der Waals surface area contributed by atoms with Crippen molar-refractivity contribution in [1.82, 2.24) is 25.8 Å². The molecule has 0 radical (unpaired) electrons. The molecule has 12 heteroatoms. The Kier molecular flexibility index (Phi) is 6.10. The number of anilines is 1. The molecule has 7 rings (SSSR count). The molecule has 2 aliphatic carbocycles. The number of hydrogen-bond donors (Lipinski definition) is 3. The van der Waals surface area contributed by atoms with Gasteiger partial charge < -0.3 is 15.4 Å². The molecule has 2 aromatic heterocycles. The van der Waals surface area contributed by atoms with Gasteiger partial charge in [0.15, 0.2) is 17.3 Å². The monoisotopic (exact) mass is 574 g/mol. The van der Waals surface area contributed by atoms with E-state index in [1.807, 2.05) is 26.0 Å². The molecular formula is C30H28F2N6O4. The second kappa shape index (κ2) is 9.74. The van der Waals surface area contributed by atoms with Gasteiger partial charge in [0, 0.05) is 39.8 Å². The molecular weight excluding hydrogens is 546 g/mol. The summed E-state index contributed by atoms with van der Waals surface area (Å²) in [6.07, 6.45) is 3.14. The number of aromatic amines is 1. The van der Waals surface area contributed by atoms with Gasteiger partial charge in [-0.25, -0.2) is 9.02 Å². The summed E-state index contributed by atoms with van der Waals surface area (Å²) in [5.74, 6) is -4.12. The zero-order valence-electron chi connectivity index (χ0n) is 23.0. The van der Waals surface area contributed by atoms with Crippen molar-refractivity contribution in [2.75, 3.05) is 11.9 Å². The lowest BCUT2D eigenvalue weighted by Crippen LogP contribution is -2.52. The van der Waals surface area contributed by atoms with Crippen LogP contribution >= 0.6 is 0 Å². The summed E-state index contributed by atoms with van der Waals surface area (Å²) in [4.78, 5) is 27.6. The molecule has 2 amide bonds. The summed E-state index contributed by atoms with van der Waals surface area (Å²) in [6, 6.07) is 8.59. The Hall–Kier alpha value is -4.61. The van der Waals surface area contributed by atoms with Crippen LogP contribution in [0.25, 0.3) is 11.1 Å². The largest absolute Gasteiger partial charge is 0.489 e. The highest BCUT2D eigenvalue weighted by molar-refractivity contribution is 6.01. The van der Waals surface area contributed by atoms with E-state index >= 15 is 0 Å². The van der Waals surface area contributed by atoms with E-state index in [1.54, 1.807) is 12.1 Å². The zero-order valence-corrected chi connectivity index (χ0v) is 23.0. The summed E-state index contributed by atoms with van der Waals surface area (Å²) in [5.41, 5.74) is 4.49. The van der Waals surface area contributed by atoms with Crippen LogP contribution in [-0.4, -0.2) is 45.0 Å². The molecule has 2 fully saturated rings. The van der Waals surface area contributed by atoms with E-state index in [-0.39, 0.29) is 24.0 Å². The molecule has 1 aliphatic heterocycles. The number of benzene rings is 2. The maximum absolute atomic E-state index is 14.9. The fourth-order valence-corrected chi connectivity index (χ4v) is 6.13. The van der Waals surface area contributed by atoms with Crippen LogP contribution in [0.4, 0.5) is 14.5 Å². The summed E-state index contributed by atoms with van der Waals surface area (Å²) in [5, 5.41) is 20.7. The Morgan fingerprint density at radius 3 is 2.50 bits per heavy atom. The highest BCUT2D eigenvalue weighted by Gasteiger charge is 2.58. The van der Waals surface area contributed by atoms with Gasteiger partial charge in [-0.3, -0.25) is 14.7 Å². The minimum absolute atomic E-state index is 0.0212. The molecule has 1 spiro atoms. The van der Waals surface area contributed by atoms with Crippen LogP contribution in [0.15, 0.2) is 41.0 Å². The number of nitrogens with one attached hydrogen (secondary N) is 3. The molecule has 2 saturated carbocycles. The third-order valence-corrected chi connectivity index (χ3v) is 8.64. The topological polar surface area (TPSA) is 135 Å². The number of ether oxygens (including phenoxy) is 1. The van der Waals surface area contributed by atoms with Crippen LogP contribution in [0, 0.1) is 30.9 Å². The average molecular weight is 575 g/mol. The molecule has 10 nitrogen and oxygen atoms in total. The number of fused-ring (bicyclic) bond motifs is 1. The van der Waals surface area contributed by atoms with Crippen LogP contribution in [0.2, 0.25) is 0 Å². The molecule has 42 heavy (non-hydrogen) atoms. The number of aryl methyl sites for hydroxylation is 2.